The van der Waals surface area contributed by atoms with E-state index in [1.165, 1.54) is 12.1 Å². The molecule has 2 rings (SSSR count). The number of nitrogens with zero attached hydrogens (tertiary/aromatic N) is 1. The smallest absolute Gasteiger partial charge is 0.306 e. The van der Waals surface area contributed by atoms with Crippen molar-refractivity contribution in [3.05, 3.63) is 38.9 Å². The van der Waals surface area contributed by atoms with Crippen LogP contribution < -0.4 is 10.6 Å². The van der Waals surface area contributed by atoms with Crippen molar-refractivity contribution in [2.45, 2.75) is 25.3 Å². The molecule has 1 aliphatic carbocycles. The van der Waals surface area contributed by atoms with Gasteiger partial charge >= 0.3 is 5.97 Å². The van der Waals surface area contributed by atoms with Crippen LogP contribution >= 0.6 is 11.6 Å². The molecule has 1 fully saturated rings. The van der Waals surface area contributed by atoms with Crippen LogP contribution in [0.5, 0.6) is 0 Å². The van der Waals surface area contributed by atoms with Gasteiger partial charge < -0.3 is 15.7 Å². The number of nitrogens with one attached hydrogen (secondary N) is 2. The number of carbonyl (C=O) groups excluding carboxylic acids is 2. The summed E-state index contributed by atoms with van der Waals surface area (Å²) in [4.78, 5) is 45.1. The highest BCUT2D eigenvalue weighted by Crippen LogP contribution is 2.26. The van der Waals surface area contributed by atoms with Crippen LogP contribution in [-0.2, 0) is 9.59 Å². The van der Waals surface area contributed by atoms with E-state index < -0.39 is 40.9 Å². The monoisotopic (exact) mass is 369 g/mol. The first-order valence-electron chi connectivity index (χ1n) is 7.53. The maximum absolute atomic E-state index is 12.1. The van der Waals surface area contributed by atoms with Crippen LogP contribution in [0.1, 0.15) is 29.6 Å². The Morgan fingerprint density at radius 3 is 2.64 bits per heavy atom. The minimum atomic E-state index is -0.893. The van der Waals surface area contributed by atoms with E-state index in [1.807, 2.05) is 0 Å². The first-order valence-corrected chi connectivity index (χ1v) is 7.90. The highest BCUT2D eigenvalue weighted by atomic mass is 35.5. The van der Waals surface area contributed by atoms with Gasteiger partial charge in [0.05, 0.1) is 22.4 Å². The molecule has 0 heterocycles. The maximum atomic E-state index is 12.1. The van der Waals surface area contributed by atoms with Gasteiger partial charge in [-0.3, -0.25) is 24.5 Å². The number of rotatable bonds is 6. The number of carboxylic acid groups (broad SMARTS) is 1. The number of nitro groups is 1. The third kappa shape index (κ3) is 4.66. The van der Waals surface area contributed by atoms with Crippen LogP contribution in [0.3, 0.4) is 0 Å². The Balaban J connectivity index is 1.91. The third-order valence-electron chi connectivity index (χ3n) is 3.97. The number of aliphatic carboxylic acids is 1. The zero-order valence-corrected chi connectivity index (χ0v) is 13.8. The van der Waals surface area contributed by atoms with Crippen molar-refractivity contribution in [3.63, 3.8) is 0 Å². The van der Waals surface area contributed by atoms with Gasteiger partial charge in [0.15, 0.2) is 0 Å². The van der Waals surface area contributed by atoms with E-state index >= 15 is 0 Å². The Bertz CT molecular complexity index is 723. The molecule has 0 aromatic heterocycles. The molecule has 3 N–H and O–H groups in total. The molecule has 10 heteroatoms. The standard InChI is InChI=1S/C15H16ClN3O6/c16-10-2-1-3-11(19(24)25)13(10)14(21)17-7-12(20)18-9-5-4-8(6-9)15(22)23/h1-3,8-9H,4-7H2,(H,17,21)(H,18,20)(H,22,23)/t8-,9+/m0/s1. The Morgan fingerprint density at radius 1 is 1.32 bits per heavy atom. The van der Waals surface area contributed by atoms with Crippen molar-refractivity contribution < 1.29 is 24.4 Å². The van der Waals surface area contributed by atoms with E-state index in [0.717, 1.165) is 6.07 Å². The average Bonchev–Trinajstić information content (AvgIpc) is 3.01. The van der Waals surface area contributed by atoms with Gasteiger partial charge in [0.25, 0.3) is 11.6 Å². The minimum absolute atomic E-state index is 0.0906. The van der Waals surface area contributed by atoms with E-state index in [2.05, 4.69) is 10.6 Å². The van der Waals surface area contributed by atoms with Crippen LogP contribution in [0.15, 0.2) is 18.2 Å². The number of hydrogen-bond donors (Lipinski definition) is 3. The Hall–Kier alpha value is -2.68. The quantitative estimate of drug-likeness (QED) is 0.511. The van der Waals surface area contributed by atoms with Crippen LogP contribution in [0, 0.1) is 16.0 Å². The molecule has 0 spiro atoms. The zero-order valence-electron chi connectivity index (χ0n) is 13.0. The Labute approximate surface area is 147 Å². The zero-order chi connectivity index (χ0) is 18.6. The summed E-state index contributed by atoms with van der Waals surface area (Å²) in [6, 6.07) is 3.57. The van der Waals surface area contributed by atoms with E-state index in [4.69, 9.17) is 16.7 Å². The van der Waals surface area contributed by atoms with Crippen molar-refractivity contribution in [1.82, 2.24) is 10.6 Å². The number of carbonyl (C=O) groups is 3. The fraction of sp³-hybridized carbons (Fsp3) is 0.400. The van der Waals surface area contributed by atoms with Gasteiger partial charge in [-0.25, -0.2) is 0 Å². The fourth-order valence-electron chi connectivity index (χ4n) is 2.75. The van der Waals surface area contributed by atoms with E-state index in [0.29, 0.717) is 19.3 Å². The lowest BCUT2D eigenvalue weighted by molar-refractivity contribution is -0.385. The molecule has 2 atom stereocenters. The second-order valence-corrected chi connectivity index (χ2v) is 6.09. The largest absolute Gasteiger partial charge is 0.481 e. The van der Waals surface area contributed by atoms with Gasteiger partial charge in [0.2, 0.25) is 5.91 Å². The molecule has 25 heavy (non-hydrogen) atoms. The number of hydrogen-bond acceptors (Lipinski definition) is 5. The van der Waals surface area contributed by atoms with Crippen molar-refractivity contribution in [2.75, 3.05) is 6.54 Å². The highest BCUT2D eigenvalue weighted by molar-refractivity contribution is 6.34. The molecule has 0 bridgehead atoms. The molecule has 1 aromatic rings. The second-order valence-electron chi connectivity index (χ2n) is 5.69. The molecule has 0 unspecified atom stereocenters. The van der Waals surface area contributed by atoms with Gasteiger partial charge in [0.1, 0.15) is 5.56 Å². The fourth-order valence-corrected chi connectivity index (χ4v) is 3.01. The van der Waals surface area contributed by atoms with Crippen molar-refractivity contribution in [2.24, 2.45) is 5.92 Å². The SMILES string of the molecule is O=C(CNC(=O)c1c(Cl)cccc1[N+](=O)[O-])N[C@@H]1CC[C@H](C(=O)O)C1. The summed E-state index contributed by atoms with van der Waals surface area (Å²) in [5, 5.41) is 24.7. The maximum Gasteiger partial charge on any atom is 0.306 e. The third-order valence-corrected chi connectivity index (χ3v) is 4.29. The lowest BCUT2D eigenvalue weighted by Gasteiger charge is -2.13. The van der Waals surface area contributed by atoms with Gasteiger partial charge in [0, 0.05) is 12.1 Å². The normalized spacial score (nSPS) is 19.2. The van der Waals surface area contributed by atoms with Gasteiger partial charge in [-0.05, 0) is 25.3 Å². The van der Waals surface area contributed by atoms with Crippen molar-refractivity contribution in [1.29, 1.82) is 0 Å². The number of nitro benzene ring substituents is 1. The number of amides is 2. The molecule has 1 aliphatic rings. The van der Waals surface area contributed by atoms with Crippen molar-refractivity contribution >= 4 is 35.1 Å². The van der Waals surface area contributed by atoms with Gasteiger partial charge in [-0.2, -0.15) is 0 Å². The molecule has 134 valence electrons. The summed E-state index contributed by atoms with van der Waals surface area (Å²) >= 11 is 5.85. The molecule has 0 radical (unpaired) electrons. The molecule has 9 nitrogen and oxygen atoms in total. The minimum Gasteiger partial charge on any atom is -0.481 e. The van der Waals surface area contributed by atoms with Crippen LogP contribution in [0.2, 0.25) is 5.02 Å². The average molecular weight is 370 g/mol. The summed E-state index contributed by atoms with van der Waals surface area (Å²) in [5.41, 5.74) is -0.765. The molecule has 0 saturated heterocycles. The van der Waals surface area contributed by atoms with Gasteiger partial charge in [-0.1, -0.05) is 17.7 Å². The van der Waals surface area contributed by atoms with E-state index in [1.54, 1.807) is 0 Å². The molecular weight excluding hydrogens is 354 g/mol. The van der Waals surface area contributed by atoms with Crippen LogP contribution in [-0.4, -0.2) is 40.4 Å². The van der Waals surface area contributed by atoms with Crippen LogP contribution in [0.4, 0.5) is 5.69 Å². The van der Waals surface area contributed by atoms with E-state index in [9.17, 15) is 24.5 Å². The molecule has 1 saturated carbocycles. The molecule has 1 aromatic carbocycles. The summed E-state index contributed by atoms with van der Waals surface area (Å²) in [6.07, 6.45) is 1.37. The predicted molar refractivity (Wildman–Crippen MR) is 87.3 cm³/mol. The first kappa shape index (κ1) is 18.7. The molecule has 2 amide bonds. The first-order chi connectivity index (χ1) is 11.8. The lowest BCUT2D eigenvalue weighted by Crippen LogP contribution is -2.41. The van der Waals surface area contributed by atoms with Crippen molar-refractivity contribution in [3.8, 4) is 0 Å². The summed E-state index contributed by atoms with van der Waals surface area (Å²) in [6.45, 7) is -0.393. The van der Waals surface area contributed by atoms with Crippen LogP contribution in [0.25, 0.3) is 0 Å². The molecule has 0 aliphatic heterocycles. The predicted octanol–water partition coefficient (Wildman–Crippen LogP) is 1.35. The number of halogens is 1. The molecular formula is C15H16ClN3O6. The van der Waals surface area contributed by atoms with Gasteiger partial charge in [-0.15, -0.1) is 0 Å². The summed E-state index contributed by atoms with van der Waals surface area (Å²) in [7, 11) is 0. The summed E-state index contributed by atoms with van der Waals surface area (Å²) in [5.74, 6) is -2.71. The highest BCUT2D eigenvalue weighted by Gasteiger charge is 2.30. The Kier molecular flexibility index (Phi) is 5.92. The van der Waals surface area contributed by atoms with E-state index in [-0.39, 0.29) is 16.6 Å². The lowest BCUT2D eigenvalue weighted by atomic mass is 10.1. The number of carboxylic acids is 1. The summed E-state index contributed by atoms with van der Waals surface area (Å²) < 4.78 is 0. The number of benzene rings is 1. The Morgan fingerprint density at radius 2 is 2.04 bits per heavy atom. The topological polar surface area (TPSA) is 139 Å². The second kappa shape index (κ2) is 7.93.